The number of aliphatic hydroxyl groups is 1. The molecule has 0 spiro atoms. The molecule has 0 bridgehead atoms. The molecule has 0 aromatic heterocycles. The number of hydrogen-bond acceptors (Lipinski definition) is 2. The van der Waals surface area contributed by atoms with Crippen LogP contribution in [-0.2, 0) is 27.5 Å². The van der Waals surface area contributed by atoms with E-state index in [0.29, 0.717) is 24.7 Å². The average Bonchev–Trinajstić information content (AvgIpc) is 1.90. The molecule has 0 aliphatic carbocycles. The van der Waals surface area contributed by atoms with Gasteiger partial charge < -0.3 is 17.9 Å². The van der Waals surface area contributed by atoms with Crippen LogP contribution < -0.4 is 0 Å². The van der Waals surface area contributed by atoms with Crippen molar-refractivity contribution in [2.45, 2.75) is 54.1 Å². The van der Waals surface area contributed by atoms with Crippen molar-refractivity contribution in [1.29, 1.82) is 0 Å². The fourth-order valence-electron chi connectivity index (χ4n) is 0. The molecule has 3 heteroatoms. The Morgan fingerprint density at radius 1 is 0.923 bits per heavy atom. The first-order chi connectivity index (χ1) is 5.83. The SMILES string of the molecule is CC(C)(C)O.C[CH-]C.C[CH-]C.[O]=[Zr+2]. The molecule has 0 rings (SSSR count). The molecule has 0 atom stereocenters. The van der Waals surface area contributed by atoms with Gasteiger partial charge in [-0.2, -0.15) is 27.7 Å². The van der Waals surface area contributed by atoms with Crippen LogP contribution in [0.1, 0.15) is 48.5 Å². The van der Waals surface area contributed by atoms with Gasteiger partial charge in [0, 0.05) is 0 Å². The van der Waals surface area contributed by atoms with Crippen LogP contribution in [0.3, 0.4) is 0 Å². The summed E-state index contributed by atoms with van der Waals surface area (Å²) in [6.07, 6.45) is 4.00. The maximum atomic E-state index is 8.52. The van der Waals surface area contributed by atoms with Crippen LogP contribution in [0, 0.1) is 12.8 Å². The molecule has 0 aliphatic heterocycles. The topological polar surface area (TPSA) is 37.3 Å². The van der Waals surface area contributed by atoms with Gasteiger partial charge in [0.15, 0.2) is 0 Å². The first kappa shape index (κ1) is 23.5. The van der Waals surface area contributed by atoms with Gasteiger partial charge in [-0.15, -0.1) is 0 Å². The second-order valence-corrected chi connectivity index (χ2v) is 3.33. The Morgan fingerprint density at radius 3 is 0.923 bits per heavy atom. The van der Waals surface area contributed by atoms with Gasteiger partial charge >= 0.3 is 27.5 Å². The number of hydrogen-bond donors (Lipinski definition) is 1. The predicted molar refractivity (Wildman–Crippen MR) is 54.0 cm³/mol. The fraction of sp³-hybridized carbons (Fsp3) is 0.800. The molecule has 1 N–H and O–H groups in total. The zero-order chi connectivity index (χ0) is 11.9. The summed E-state index contributed by atoms with van der Waals surface area (Å²) >= 11 is 0.300. The van der Waals surface area contributed by atoms with Crippen molar-refractivity contribution >= 4 is 0 Å². The molecule has 0 fully saturated rings. The third-order valence-corrected chi connectivity index (χ3v) is 0. The van der Waals surface area contributed by atoms with Crippen LogP contribution in [0.15, 0.2) is 0 Å². The van der Waals surface area contributed by atoms with E-state index in [4.69, 9.17) is 7.92 Å². The molecule has 0 unspecified atom stereocenters. The summed E-state index contributed by atoms with van der Waals surface area (Å²) in [7, 11) is 0. The fourth-order valence-corrected chi connectivity index (χ4v) is 0. The third-order valence-electron chi connectivity index (χ3n) is 0. The molecule has 0 radical (unpaired) electrons. The van der Waals surface area contributed by atoms with Gasteiger partial charge in [0.2, 0.25) is 0 Å². The van der Waals surface area contributed by atoms with E-state index in [-0.39, 0.29) is 0 Å². The van der Waals surface area contributed by atoms with Gasteiger partial charge in [0.25, 0.3) is 0 Å². The van der Waals surface area contributed by atoms with Crippen molar-refractivity contribution in [2.75, 3.05) is 0 Å². The summed E-state index contributed by atoms with van der Waals surface area (Å²) in [5.41, 5.74) is -0.500. The second kappa shape index (κ2) is 22.9. The number of rotatable bonds is 0. The monoisotopic (exact) mass is 266 g/mol. The molecule has 0 aliphatic rings. The quantitative estimate of drug-likeness (QED) is 0.685. The summed E-state index contributed by atoms with van der Waals surface area (Å²) in [6, 6.07) is 0. The normalized spacial score (nSPS) is 7.85. The molecule has 0 heterocycles. The van der Waals surface area contributed by atoms with Crippen LogP contribution >= 0.6 is 0 Å². The van der Waals surface area contributed by atoms with Crippen molar-refractivity contribution in [1.82, 2.24) is 0 Å². The zero-order valence-corrected chi connectivity index (χ0v) is 12.5. The minimum atomic E-state index is -0.500. The van der Waals surface area contributed by atoms with E-state index in [2.05, 4.69) is 0 Å². The molecule has 0 amide bonds. The first-order valence-electron chi connectivity index (χ1n) is 4.24. The van der Waals surface area contributed by atoms with E-state index in [1.165, 1.54) is 0 Å². The summed E-state index contributed by atoms with van der Waals surface area (Å²) in [5, 5.41) is 8.52. The maximum absolute atomic E-state index is 8.52. The van der Waals surface area contributed by atoms with Crippen molar-refractivity contribution in [3.8, 4) is 0 Å². The average molecular weight is 268 g/mol. The van der Waals surface area contributed by atoms with Crippen LogP contribution in [0.4, 0.5) is 0 Å². The zero-order valence-electron chi connectivity index (χ0n) is 10.0. The van der Waals surface area contributed by atoms with E-state index < -0.39 is 5.60 Å². The van der Waals surface area contributed by atoms with E-state index >= 15 is 0 Å². The van der Waals surface area contributed by atoms with Gasteiger partial charge in [-0.3, -0.25) is 0 Å². The Morgan fingerprint density at radius 2 is 0.923 bits per heavy atom. The second-order valence-electron chi connectivity index (χ2n) is 3.33. The summed E-state index contributed by atoms with van der Waals surface area (Å²) < 4.78 is 8.34. The van der Waals surface area contributed by atoms with Crippen LogP contribution in [0.5, 0.6) is 0 Å². The third kappa shape index (κ3) is 3460. The Labute approximate surface area is 99.4 Å². The van der Waals surface area contributed by atoms with Crippen LogP contribution in [-0.4, -0.2) is 10.7 Å². The molecule has 0 aromatic carbocycles. The van der Waals surface area contributed by atoms with E-state index in [1.54, 1.807) is 20.8 Å². The van der Waals surface area contributed by atoms with Crippen molar-refractivity contribution < 1.29 is 32.6 Å². The summed E-state index contributed by atoms with van der Waals surface area (Å²) in [5.74, 6) is 0. The first-order valence-corrected chi connectivity index (χ1v) is 5.24. The minimum absolute atomic E-state index is 0.300. The molecule has 2 nitrogen and oxygen atoms in total. The molecule has 0 saturated heterocycles. The van der Waals surface area contributed by atoms with Crippen LogP contribution in [0.2, 0.25) is 0 Å². The summed E-state index contributed by atoms with van der Waals surface area (Å²) in [6.45, 7) is 13.2. The van der Waals surface area contributed by atoms with Crippen molar-refractivity contribution in [3.63, 3.8) is 0 Å². The molecular formula is C10H24O2Zr. The van der Waals surface area contributed by atoms with E-state index in [0.717, 1.165) is 0 Å². The Hall–Kier alpha value is 0.643. The molecule has 0 aromatic rings. The van der Waals surface area contributed by atoms with Crippen molar-refractivity contribution in [3.05, 3.63) is 12.8 Å². The van der Waals surface area contributed by atoms with Gasteiger partial charge in [-0.25, -0.2) is 0 Å². The molecule has 0 saturated carbocycles. The van der Waals surface area contributed by atoms with E-state index in [1.807, 2.05) is 40.5 Å². The van der Waals surface area contributed by atoms with Gasteiger partial charge in [0.05, 0.1) is 5.60 Å². The van der Waals surface area contributed by atoms with Gasteiger partial charge in [-0.05, 0) is 20.8 Å². The van der Waals surface area contributed by atoms with Crippen LogP contribution in [0.25, 0.3) is 0 Å². The Balaban J connectivity index is -0.0000000446. The van der Waals surface area contributed by atoms with E-state index in [9.17, 15) is 0 Å². The standard InChI is InChI=1S/C4H10O.2C3H7.O.Zr/c1-4(2,3)5;2*1-3-2;;/h5H,1-3H3;2*3H,1-2H3;;/q;2*-1;;+2. The predicted octanol–water partition coefficient (Wildman–Crippen LogP) is 3.12. The molecule has 13 heavy (non-hydrogen) atoms. The molecular weight excluding hydrogens is 243 g/mol. The summed E-state index contributed by atoms with van der Waals surface area (Å²) in [4.78, 5) is 0. The van der Waals surface area contributed by atoms with Gasteiger partial charge in [-0.1, -0.05) is 0 Å². The Kier molecular flexibility index (Phi) is 41.4. The Bertz CT molecular complexity index is 52.4. The van der Waals surface area contributed by atoms with Crippen molar-refractivity contribution in [2.24, 2.45) is 0 Å². The molecule has 80 valence electrons. The van der Waals surface area contributed by atoms with Gasteiger partial charge in [0.1, 0.15) is 0 Å².